The lowest BCUT2D eigenvalue weighted by atomic mass is 9.99. The summed E-state index contributed by atoms with van der Waals surface area (Å²) in [5.41, 5.74) is 8.18. The third-order valence-corrected chi connectivity index (χ3v) is 6.00. The van der Waals surface area contributed by atoms with Gasteiger partial charge in [0.15, 0.2) is 0 Å². The van der Waals surface area contributed by atoms with Crippen molar-refractivity contribution in [2.24, 2.45) is 5.73 Å². The molecule has 0 saturated carbocycles. The standard InChI is InChI=1S/C24H35N5O3/c1-2-3-4-12-22(30)29-21(25)11-7-10-19-23(31)28-20(24(32)27-19)14-13-16-15-26-18-9-6-5-8-17(16)18/h5-6,8-9,15,19-21,26H,2-4,7,10-14,25H2,1H3,(H,27,32)(H,28,31)(H,29,30)/t19-,20-,21?/m0/s1. The summed E-state index contributed by atoms with van der Waals surface area (Å²) in [5, 5.41) is 9.64. The molecule has 8 nitrogen and oxygen atoms in total. The summed E-state index contributed by atoms with van der Waals surface area (Å²) in [5.74, 6) is -0.346. The van der Waals surface area contributed by atoms with Crippen LogP contribution in [0.25, 0.3) is 10.9 Å². The summed E-state index contributed by atoms with van der Waals surface area (Å²) in [6, 6.07) is 6.95. The Morgan fingerprint density at radius 1 is 1.06 bits per heavy atom. The van der Waals surface area contributed by atoms with E-state index in [4.69, 9.17) is 5.73 Å². The minimum Gasteiger partial charge on any atom is -0.361 e. The fourth-order valence-electron chi connectivity index (χ4n) is 4.15. The van der Waals surface area contributed by atoms with Crippen molar-refractivity contribution in [3.8, 4) is 0 Å². The predicted molar refractivity (Wildman–Crippen MR) is 125 cm³/mol. The van der Waals surface area contributed by atoms with Gasteiger partial charge >= 0.3 is 0 Å². The second-order valence-corrected chi connectivity index (χ2v) is 8.58. The normalized spacial score (nSPS) is 19.4. The van der Waals surface area contributed by atoms with Crippen LogP contribution in [0.5, 0.6) is 0 Å². The van der Waals surface area contributed by atoms with E-state index < -0.39 is 18.2 Å². The van der Waals surface area contributed by atoms with Gasteiger partial charge in [-0.3, -0.25) is 14.4 Å². The van der Waals surface area contributed by atoms with Crippen LogP contribution in [0.15, 0.2) is 30.5 Å². The summed E-state index contributed by atoms with van der Waals surface area (Å²) < 4.78 is 0. The largest absolute Gasteiger partial charge is 0.361 e. The molecule has 8 heteroatoms. The lowest BCUT2D eigenvalue weighted by Gasteiger charge is -2.30. The molecule has 0 radical (unpaired) electrons. The first-order valence-electron chi connectivity index (χ1n) is 11.7. The zero-order chi connectivity index (χ0) is 22.9. The van der Waals surface area contributed by atoms with Crippen LogP contribution in [0.4, 0.5) is 0 Å². The van der Waals surface area contributed by atoms with Crippen molar-refractivity contribution in [3.63, 3.8) is 0 Å². The van der Waals surface area contributed by atoms with E-state index in [1.54, 1.807) is 0 Å². The molecule has 2 aromatic rings. The van der Waals surface area contributed by atoms with Crippen molar-refractivity contribution in [2.75, 3.05) is 0 Å². The number of hydrogen-bond donors (Lipinski definition) is 5. The molecule has 1 aromatic carbocycles. The number of H-pyrrole nitrogens is 1. The average molecular weight is 442 g/mol. The number of amides is 3. The van der Waals surface area contributed by atoms with Crippen molar-refractivity contribution >= 4 is 28.6 Å². The summed E-state index contributed by atoms with van der Waals surface area (Å²) >= 11 is 0. The molecule has 1 aromatic heterocycles. The predicted octanol–water partition coefficient (Wildman–Crippen LogP) is 2.24. The highest BCUT2D eigenvalue weighted by Crippen LogP contribution is 2.20. The van der Waals surface area contributed by atoms with Crippen LogP contribution in [-0.4, -0.2) is 41.0 Å². The zero-order valence-electron chi connectivity index (χ0n) is 18.8. The number of carbonyl (C=O) groups excluding carboxylic acids is 3. The van der Waals surface area contributed by atoms with Crippen LogP contribution < -0.4 is 21.7 Å². The van der Waals surface area contributed by atoms with Gasteiger partial charge in [0.05, 0.1) is 6.17 Å². The number of para-hydroxylation sites is 1. The van der Waals surface area contributed by atoms with Gasteiger partial charge in [0.1, 0.15) is 12.1 Å². The Balaban J connectivity index is 1.38. The minimum atomic E-state index is -0.556. The molecule has 0 spiro atoms. The molecule has 1 unspecified atom stereocenters. The fraction of sp³-hybridized carbons (Fsp3) is 0.542. The molecule has 2 heterocycles. The third kappa shape index (κ3) is 6.56. The number of piperazine rings is 1. The van der Waals surface area contributed by atoms with Crippen LogP contribution in [0.1, 0.15) is 63.9 Å². The maximum atomic E-state index is 12.5. The number of aromatic nitrogens is 1. The van der Waals surface area contributed by atoms with Gasteiger partial charge in [-0.05, 0) is 50.2 Å². The van der Waals surface area contributed by atoms with Crippen molar-refractivity contribution in [2.45, 2.75) is 83.0 Å². The van der Waals surface area contributed by atoms with E-state index in [1.165, 1.54) is 0 Å². The Kier molecular flexibility index (Phi) is 8.67. The first-order valence-corrected chi connectivity index (χ1v) is 11.7. The molecule has 174 valence electrons. The molecule has 32 heavy (non-hydrogen) atoms. The lowest BCUT2D eigenvalue weighted by Crippen LogP contribution is -2.61. The molecule has 3 amide bonds. The van der Waals surface area contributed by atoms with Crippen LogP contribution in [0.2, 0.25) is 0 Å². The number of fused-ring (bicyclic) bond motifs is 1. The van der Waals surface area contributed by atoms with Crippen molar-refractivity contribution in [3.05, 3.63) is 36.0 Å². The highest BCUT2D eigenvalue weighted by Gasteiger charge is 2.33. The van der Waals surface area contributed by atoms with Gasteiger partial charge in [0.2, 0.25) is 17.7 Å². The molecule has 0 bridgehead atoms. The van der Waals surface area contributed by atoms with E-state index in [1.807, 2.05) is 24.4 Å². The average Bonchev–Trinajstić information content (AvgIpc) is 3.18. The van der Waals surface area contributed by atoms with Gasteiger partial charge in [-0.2, -0.15) is 0 Å². The number of unbranched alkanes of at least 4 members (excludes halogenated alkanes) is 2. The Hall–Kier alpha value is -2.87. The van der Waals surface area contributed by atoms with Crippen LogP contribution >= 0.6 is 0 Å². The molecule has 1 aliphatic rings. The smallest absolute Gasteiger partial charge is 0.243 e. The number of aromatic amines is 1. The minimum absolute atomic E-state index is 0.0345. The van der Waals surface area contributed by atoms with E-state index >= 15 is 0 Å². The summed E-state index contributed by atoms with van der Waals surface area (Å²) in [6.45, 7) is 2.09. The molecule has 1 fully saturated rings. The fourth-order valence-corrected chi connectivity index (χ4v) is 4.15. The molecule has 1 aliphatic heterocycles. The summed E-state index contributed by atoms with van der Waals surface area (Å²) in [4.78, 5) is 40.1. The van der Waals surface area contributed by atoms with E-state index in [9.17, 15) is 14.4 Å². The quantitative estimate of drug-likeness (QED) is 0.255. The Morgan fingerprint density at radius 3 is 2.53 bits per heavy atom. The summed E-state index contributed by atoms with van der Waals surface area (Å²) in [7, 11) is 0. The Bertz CT molecular complexity index is 925. The van der Waals surface area contributed by atoms with Gasteiger partial charge in [0, 0.05) is 23.5 Å². The zero-order valence-corrected chi connectivity index (χ0v) is 18.8. The molecule has 6 N–H and O–H groups in total. The van der Waals surface area contributed by atoms with E-state index in [0.29, 0.717) is 38.5 Å². The first-order chi connectivity index (χ1) is 15.5. The van der Waals surface area contributed by atoms with Gasteiger partial charge in [-0.25, -0.2) is 0 Å². The van der Waals surface area contributed by atoms with Crippen molar-refractivity contribution in [1.29, 1.82) is 0 Å². The first kappa shape index (κ1) is 23.8. The van der Waals surface area contributed by atoms with E-state index in [2.05, 4.69) is 33.9 Å². The lowest BCUT2D eigenvalue weighted by molar-refractivity contribution is -0.137. The highest BCUT2D eigenvalue weighted by atomic mass is 16.2. The summed E-state index contributed by atoms with van der Waals surface area (Å²) in [6.07, 6.45) is 7.90. The van der Waals surface area contributed by atoms with Crippen LogP contribution in [-0.2, 0) is 20.8 Å². The number of nitrogens with two attached hydrogens (primary N) is 1. The maximum absolute atomic E-state index is 12.5. The van der Waals surface area contributed by atoms with E-state index in [-0.39, 0.29) is 17.7 Å². The Morgan fingerprint density at radius 2 is 1.78 bits per heavy atom. The topological polar surface area (TPSA) is 129 Å². The third-order valence-electron chi connectivity index (χ3n) is 6.00. The number of benzene rings is 1. The van der Waals surface area contributed by atoms with Gasteiger partial charge < -0.3 is 26.7 Å². The number of aryl methyl sites for hydroxylation is 1. The van der Waals surface area contributed by atoms with Crippen molar-refractivity contribution in [1.82, 2.24) is 20.9 Å². The SMILES string of the molecule is CCCCCC(=O)NC(N)CCC[C@@H]1NC(=O)[C@H](CCc2c[nH]c3ccccc23)NC1=O. The van der Waals surface area contributed by atoms with Gasteiger partial charge in [0.25, 0.3) is 0 Å². The van der Waals surface area contributed by atoms with Gasteiger partial charge in [-0.1, -0.05) is 38.0 Å². The molecular weight excluding hydrogens is 406 g/mol. The second kappa shape index (κ2) is 11.7. The van der Waals surface area contributed by atoms with Crippen LogP contribution in [0, 0.1) is 0 Å². The number of hydrogen-bond acceptors (Lipinski definition) is 4. The molecular formula is C24H35N5O3. The second-order valence-electron chi connectivity index (χ2n) is 8.58. The molecule has 1 saturated heterocycles. The molecule has 3 atom stereocenters. The maximum Gasteiger partial charge on any atom is 0.243 e. The number of carbonyl (C=O) groups is 3. The number of rotatable bonds is 12. The van der Waals surface area contributed by atoms with Crippen molar-refractivity contribution < 1.29 is 14.4 Å². The molecule has 3 rings (SSSR count). The molecule has 0 aliphatic carbocycles. The Labute approximate surface area is 189 Å². The highest BCUT2D eigenvalue weighted by molar-refractivity contribution is 5.97. The monoisotopic (exact) mass is 441 g/mol. The van der Waals surface area contributed by atoms with Gasteiger partial charge in [-0.15, -0.1) is 0 Å². The van der Waals surface area contributed by atoms with E-state index in [0.717, 1.165) is 35.7 Å². The number of nitrogens with one attached hydrogen (secondary N) is 4. The van der Waals surface area contributed by atoms with Crippen LogP contribution in [0.3, 0.4) is 0 Å².